The molecule has 0 spiro atoms. The minimum absolute atomic E-state index is 0. The van der Waals surface area contributed by atoms with Crippen LogP contribution in [0.1, 0.15) is 84.0 Å². The zero-order valence-corrected chi connectivity index (χ0v) is 16.9. The van der Waals surface area contributed by atoms with Crippen LogP contribution in [-0.2, 0) is 9.59 Å². The summed E-state index contributed by atoms with van der Waals surface area (Å²) in [7, 11) is 0. The fraction of sp³-hybridized carbons (Fsp3) is 0.833. The number of unbranched alkanes of at least 4 members (excludes halogenated alkanes) is 8. The highest BCUT2D eigenvalue weighted by atomic mass is 35.5. The van der Waals surface area contributed by atoms with Gasteiger partial charge in [0.1, 0.15) is 0 Å². The van der Waals surface area contributed by atoms with Gasteiger partial charge in [0.2, 0.25) is 0 Å². The summed E-state index contributed by atoms with van der Waals surface area (Å²) in [6, 6.07) is 0. The number of halogens is 1. The van der Waals surface area contributed by atoms with Crippen LogP contribution >= 0.6 is 12.4 Å². The lowest BCUT2D eigenvalue weighted by molar-refractivity contribution is -0.148. The third kappa shape index (κ3) is 12.1. The number of carbonyl (C=O) groups excluding carboxylic acids is 1. The zero-order valence-electron chi connectivity index (χ0n) is 16.0. The van der Waals surface area contributed by atoms with E-state index in [1.54, 1.807) is 0 Å². The van der Waals surface area contributed by atoms with Crippen LogP contribution in [-0.4, -0.2) is 34.9 Å². The summed E-state index contributed by atoms with van der Waals surface area (Å²) in [5.74, 6) is -1.75. The largest absolute Gasteiger partial charge is 0.480 e. The number of nitrogens with two attached hydrogens (primary N) is 3. The van der Waals surface area contributed by atoms with Gasteiger partial charge in [-0.15, -0.1) is 12.4 Å². The molecule has 0 aromatic rings. The number of aliphatic imine (C=N–C) groups is 1. The van der Waals surface area contributed by atoms with Crippen LogP contribution in [0.2, 0.25) is 0 Å². The summed E-state index contributed by atoms with van der Waals surface area (Å²) < 4.78 is 0. The maximum Gasteiger partial charge on any atom is 0.331 e. The molecular formula is C18H37ClN4O3. The molecule has 0 aromatic carbocycles. The lowest BCUT2D eigenvalue weighted by Crippen LogP contribution is -2.55. The minimum Gasteiger partial charge on any atom is -0.480 e. The van der Waals surface area contributed by atoms with Gasteiger partial charge in [0.25, 0.3) is 0 Å². The van der Waals surface area contributed by atoms with E-state index >= 15 is 0 Å². The molecule has 0 heterocycles. The average Bonchev–Trinajstić information content (AvgIpc) is 2.56. The fourth-order valence-corrected chi connectivity index (χ4v) is 2.75. The van der Waals surface area contributed by atoms with Gasteiger partial charge in [-0.2, -0.15) is 0 Å². The molecule has 0 radical (unpaired) electrons. The molecule has 8 heteroatoms. The van der Waals surface area contributed by atoms with Crippen LogP contribution in [0.5, 0.6) is 0 Å². The van der Waals surface area contributed by atoms with E-state index in [1.165, 1.54) is 38.5 Å². The van der Waals surface area contributed by atoms with Crippen LogP contribution < -0.4 is 17.2 Å². The third-order valence-electron chi connectivity index (χ3n) is 4.41. The van der Waals surface area contributed by atoms with Crippen molar-refractivity contribution in [3.63, 3.8) is 0 Å². The Balaban J connectivity index is 0. The number of hydrogen-bond acceptors (Lipinski definition) is 4. The van der Waals surface area contributed by atoms with E-state index in [1.807, 2.05) is 0 Å². The van der Waals surface area contributed by atoms with E-state index in [0.717, 1.165) is 12.8 Å². The monoisotopic (exact) mass is 392 g/mol. The molecule has 7 nitrogen and oxygen atoms in total. The highest BCUT2D eigenvalue weighted by Gasteiger charge is 2.40. The van der Waals surface area contributed by atoms with Crippen molar-refractivity contribution in [3.05, 3.63) is 0 Å². The standard InChI is InChI=1S/C18H36N4O3.ClH/c1-2-3-4-5-6-7-8-9-10-12-15(23)18(21,16(24)25)13-11-14-22-17(19)20;/h2-14,21H2,1H3,(H,24,25)(H4,19,20,22);1H/t18-;/m1./s1. The zero-order chi connectivity index (χ0) is 19.1. The molecule has 1 atom stereocenters. The summed E-state index contributed by atoms with van der Waals surface area (Å²) >= 11 is 0. The normalized spacial score (nSPS) is 12.7. The van der Waals surface area contributed by atoms with Gasteiger partial charge in [-0.25, -0.2) is 4.79 Å². The molecule has 154 valence electrons. The topological polar surface area (TPSA) is 145 Å². The van der Waals surface area contributed by atoms with Crippen molar-refractivity contribution >= 4 is 30.1 Å². The first kappa shape index (κ1) is 26.9. The second-order valence-corrected chi connectivity index (χ2v) is 6.69. The van der Waals surface area contributed by atoms with Gasteiger partial charge < -0.3 is 22.3 Å². The van der Waals surface area contributed by atoms with Crippen molar-refractivity contribution < 1.29 is 14.7 Å². The fourth-order valence-electron chi connectivity index (χ4n) is 2.75. The number of Topliss-reactive ketones (excluding diaryl/α,β-unsaturated/α-hetero) is 1. The molecule has 0 amide bonds. The Kier molecular flexibility index (Phi) is 16.4. The molecule has 0 rings (SSSR count). The molecule has 0 bridgehead atoms. The summed E-state index contributed by atoms with van der Waals surface area (Å²) in [6.07, 6.45) is 10.8. The highest BCUT2D eigenvalue weighted by Crippen LogP contribution is 2.17. The first-order valence-corrected chi connectivity index (χ1v) is 9.45. The Morgan fingerprint density at radius 3 is 1.88 bits per heavy atom. The van der Waals surface area contributed by atoms with E-state index in [9.17, 15) is 14.7 Å². The Morgan fingerprint density at radius 1 is 0.923 bits per heavy atom. The number of aliphatic carboxylic acids is 1. The lowest BCUT2D eigenvalue weighted by Gasteiger charge is -2.23. The average molecular weight is 393 g/mol. The van der Waals surface area contributed by atoms with Crippen molar-refractivity contribution in [3.8, 4) is 0 Å². The summed E-state index contributed by atoms with van der Waals surface area (Å²) in [5, 5.41) is 9.32. The quantitative estimate of drug-likeness (QED) is 0.137. The van der Waals surface area contributed by atoms with Gasteiger partial charge in [0.15, 0.2) is 17.3 Å². The van der Waals surface area contributed by atoms with Gasteiger partial charge in [-0.1, -0.05) is 58.3 Å². The van der Waals surface area contributed by atoms with Gasteiger partial charge in [-0.3, -0.25) is 9.79 Å². The minimum atomic E-state index is -1.83. The predicted molar refractivity (Wildman–Crippen MR) is 109 cm³/mol. The molecule has 26 heavy (non-hydrogen) atoms. The molecule has 0 saturated carbocycles. The molecule has 0 aliphatic heterocycles. The molecular weight excluding hydrogens is 356 g/mol. The van der Waals surface area contributed by atoms with Gasteiger partial charge in [0.05, 0.1) is 0 Å². The smallest absolute Gasteiger partial charge is 0.331 e. The van der Waals surface area contributed by atoms with Crippen molar-refractivity contribution in [2.24, 2.45) is 22.2 Å². The molecule has 0 aliphatic carbocycles. The maximum atomic E-state index is 12.3. The number of carboxylic acid groups (broad SMARTS) is 1. The molecule has 0 saturated heterocycles. The summed E-state index contributed by atoms with van der Waals surface area (Å²) in [6.45, 7) is 2.46. The predicted octanol–water partition coefficient (Wildman–Crippen LogP) is 2.73. The van der Waals surface area contributed by atoms with Crippen LogP contribution in [0.4, 0.5) is 0 Å². The second kappa shape index (κ2) is 15.9. The summed E-state index contributed by atoms with van der Waals surface area (Å²) in [5.41, 5.74) is 14.4. The van der Waals surface area contributed by atoms with Crippen molar-refractivity contribution in [1.82, 2.24) is 0 Å². The molecule has 0 fully saturated rings. The van der Waals surface area contributed by atoms with Gasteiger partial charge in [0, 0.05) is 13.0 Å². The number of rotatable bonds is 16. The van der Waals surface area contributed by atoms with E-state index in [2.05, 4.69) is 11.9 Å². The maximum absolute atomic E-state index is 12.3. The molecule has 0 aliphatic rings. The number of ketones is 1. The Morgan fingerprint density at radius 2 is 1.42 bits per heavy atom. The first-order chi connectivity index (χ1) is 11.8. The molecule has 7 N–H and O–H groups in total. The van der Waals surface area contributed by atoms with E-state index in [0.29, 0.717) is 12.8 Å². The Bertz CT molecular complexity index is 429. The van der Waals surface area contributed by atoms with Crippen LogP contribution in [0, 0.1) is 0 Å². The number of nitrogens with zero attached hydrogens (tertiary/aromatic N) is 1. The Hall–Kier alpha value is -1.34. The lowest BCUT2D eigenvalue weighted by atomic mass is 9.87. The number of hydrogen-bond donors (Lipinski definition) is 4. The van der Waals surface area contributed by atoms with Gasteiger partial charge >= 0.3 is 5.97 Å². The molecule has 0 aromatic heterocycles. The first-order valence-electron chi connectivity index (χ1n) is 9.45. The SMILES string of the molecule is CCCCCCCCCCCC(=O)[C@](N)(CCCN=C(N)N)C(=O)O.Cl. The second-order valence-electron chi connectivity index (χ2n) is 6.69. The van der Waals surface area contributed by atoms with E-state index in [4.69, 9.17) is 17.2 Å². The van der Waals surface area contributed by atoms with Crippen LogP contribution in [0.3, 0.4) is 0 Å². The van der Waals surface area contributed by atoms with Crippen molar-refractivity contribution in [2.45, 2.75) is 89.5 Å². The Labute approximate surface area is 163 Å². The van der Waals surface area contributed by atoms with Crippen molar-refractivity contribution in [2.75, 3.05) is 6.54 Å². The number of guanidine groups is 1. The summed E-state index contributed by atoms with van der Waals surface area (Å²) in [4.78, 5) is 27.5. The number of carboxylic acids is 1. The van der Waals surface area contributed by atoms with Crippen LogP contribution in [0.15, 0.2) is 4.99 Å². The van der Waals surface area contributed by atoms with Crippen LogP contribution in [0.25, 0.3) is 0 Å². The van der Waals surface area contributed by atoms with E-state index < -0.39 is 17.3 Å². The van der Waals surface area contributed by atoms with E-state index in [-0.39, 0.29) is 37.8 Å². The number of carbonyl (C=O) groups is 2. The highest BCUT2D eigenvalue weighted by molar-refractivity contribution is 6.07. The van der Waals surface area contributed by atoms with Crippen molar-refractivity contribution in [1.29, 1.82) is 0 Å². The van der Waals surface area contributed by atoms with Gasteiger partial charge in [-0.05, 0) is 19.3 Å². The molecule has 0 unspecified atom stereocenters. The third-order valence-corrected chi connectivity index (χ3v) is 4.41.